The van der Waals surface area contributed by atoms with Crippen molar-refractivity contribution in [1.29, 1.82) is 0 Å². The lowest BCUT2D eigenvalue weighted by Crippen LogP contribution is -2.02. The third-order valence-corrected chi connectivity index (χ3v) is 1.36. The van der Waals surface area contributed by atoms with E-state index in [-0.39, 0.29) is 5.28 Å². The van der Waals surface area contributed by atoms with Crippen LogP contribution in [0.5, 0.6) is 0 Å². The molecule has 0 fully saturated rings. The van der Waals surface area contributed by atoms with Crippen molar-refractivity contribution >= 4 is 17.5 Å². The topological polar surface area (TPSA) is 50.7 Å². The summed E-state index contributed by atoms with van der Waals surface area (Å²) in [6, 6.07) is 0. The molecular formula is C6H9ClN4. The van der Waals surface area contributed by atoms with E-state index in [0.29, 0.717) is 11.8 Å². The van der Waals surface area contributed by atoms with Crippen LogP contribution in [0.1, 0.15) is 12.7 Å². The molecule has 11 heavy (non-hydrogen) atoms. The van der Waals surface area contributed by atoms with Gasteiger partial charge >= 0.3 is 0 Å². The Balaban J connectivity index is 3.02. The highest BCUT2D eigenvalue weighted by atomic mass is 35.5. The molecule has 1 aromatic heterocycles. The van der Waals surface area contributed by atoms with Gasteiger partial charge in [-0.3, -0.25) is 0 Å². The molecule has 0 amide bonds. The maximum absolute atomic E-state index is 5.61. The van der Waals surface area contributed by atoms with Crippen LogP contribution >= 0.6 is 11.6 Å². The SMILES string of the molecule is CCc1nc(Cl)nc(NC)n1. The first-order valence-corrected chi connectivity index (χ1v) is 3.72. The van der Waals surface area contributed by atoms with E-state index >= 15 is 0 Å². The van der Waals surface area contributed by atoms with Gasteiger partial charge in [-0.25, -0.2) is 4.98 Å². The van der Waals surface area contributed by atoms with Gasteiger partial charge < -0.3 is 5.32 Å². The number of aryl methyl sites for hydroxylation is 1. The Morgan fingerprint density at radius 1 is 1.36 bits per heavy atom. The number of rotatable bonds is 2. The predicted octanol–water partition coefficient (Wildman–Crippen LogP) is 1.13. The molecule has 0 bridgehead atoms. The lowest BCUT2D eigenvalue weighted by atomic mass is 10.5. The highest BCUT2D eigenvalue weighted by Gasteiger charge is 1.99. The number of nitrogens with zero attached hydrogens (tertiary/aromatic N) is 3. The van der Waals surface area contributed by atoms with Crippen molar-refractivity contribution in [3.8, 4) is 0 Å². The fourth-order valence-electron chi connectivity index (χ4n) is 0.661. The molecule has 0 saturated carbocycles. The van der Waals surface area contributed by atoms with E-state index in [9.17, 15) is 0 Å². The lowest BCUT2D eigenvalue weighted by molar-refractivity contribution is 0.901. The number of aromatic nitrogens is 3. The second kappa shape index (κ2) is 3.48. The Kier molecular flexibility index (Phi) is 2.59. The average molecular weight is 173 g/mol. The van der Waals surface area contributed by atoms with Crippen molar-refractivity contribution in [2.45, 2.75) is 13.3 Å². The molecule has 0 saturated heterocycles. The Morgan fingerprint density at radius 2 is 2.09 bits per heavy atom. The van der Waals surface area contributed by atoms with Crippen LogP contribution in [0.15, 0.2) is 0 Å². The first kappa shape index (κ1) is 8.20. The molecule has 1 aromatic rings. The monoisotopic (exact) mass is 172 g/mol. The van der Waals surface area contributed by atoms with Crippen molar-refractivity contribution < 1.29 is 0 Å². The molecule has 0 radical (unpaired) electrons. The average Bonchev–Trinajstić information content (AvgIpc) is 2.03. The van der Waals surface area contributed by atoms with Gasteiger partial charge in [-0.05, 0) is 11.6 Å². The Labute approximate surface area is 70.0 Å². The van der Waals surface area contributed by atoms with Gasteiger partial charge in [0.1, 0.15) is 5.82 Å². The molecule has 0 aliphatic heterocycles. The molecule has 0 aliphatic rings. The molecule has 4 nitrogen and oxygen atoms in total. The van der Waals surface area contributed by atoms with Crippen molar-refractivity contribution in [1.82, 2.24) is 15.0 Å². The number of anilines is 1. The molecule has 5 heteroatoms. The maximum Gasteiger partial charge on any atom is 0.227 e. The summed E-state index contributed by atoms with van der Waals surface area (Å²) in [6.07, 6.45) is 0.761. The smallest absolute Gasteiger partial charge is 0.227 e. The van der Waals surface area contributed by atoms with Crippen LogP contribution in [0.3, 0.4) is 0 Å². The first-order chi connectivity index (χ1) is 5.26. The summed E-state index contributed by atoms with van der Waals surface area (Å²) in [6.45, 7) is 1.96. The van der Waals surface area contributed by atoms with Gasteiger partial charge in [-0.2, -0.15) is 9.97 Å². The number of nitrogens with one attached hydrogen (secondary N) is 1. The van der Waals surface area contributed by atoms with E-state index < -0.39 is 0 Å². The van der Waals surface area contributed by atoms with Gasteiger partial charge in [0.05, 0.1) is 0 Å². The molecule has 0 spiro atoms. The van der Waals surface area contributed by atoms with Crippen molar-refractivity contribution in [3.05, 3.63) is 11.1 Å². The zero-order valence-corrected chi connectivity index (χ0v) is 7.18. The fraction of sp³-hybridized carbons (Fsp3) is 0.500. The third-order valence-electron chi connectivity index (χ3n) is 1.19. The molecule has 1 heterocycles. The highest BCUT2D eigenvalue weighted by Crippen LogP contribution is 2.04. The minimum absolute atomic E-state index is 0.237. The maximum atomic E-state index is 5.61. The van der Waals surface area contributed by atoms with Crippen LogP contribution in [0.4, 0.5) is 5.95 Å². The summed E-state index contributed by atoms with van der Waals surface area (Å²) >= 11 is 5.61. The summed E-state index contributed by atoms with van der Waals surface area (Å²) in [4.78, 5) is 11.8. The standard InChI is InChI=1S/C6H9ClN4/c1-3-4-9-5(7)11-6(8-2)10-4/h3H2,1-2H3,(H,8,9,10,11). The minimum Gasteiger partial charge on any atom is -0.357 e. The van der Waals surface area contributed by atoms with E-state index in [1.165, 1.54) is 0 Å². The zero-order valence-electron chi connectivity index (χ0n) is 6.43. The van der Waals surface area contributed by atoms with Crippen LogP contribution in [0.25, 0.3) is 0 Å². The number of hydrogen-bond donors (Lipinski definition) is 1. The summed E-state index contributed by atoms with van der Waals surface area (Å²) in [5.41, 5.74) is 0. The van der Waals surface area contributed by atoms with Gasteiger partial charge in [-0.15, -0.1) is 0 Å². The van der Waals surface area contributed by atoms with Crippen LogP contribution in [0, 0.1) is 0 Å². The van der Waals surface area contributed by atoms with E-state index in [4.69, 9.17) is 11.6 Å². The van der Waals surface area contributed by atoms with E-state index in [1.54, 1.807) is 7.05 Å². The number of hydrogen-bond acceptors (Lipinski definition) is 4. The Morgan fingerprint density at radius 3 is 2.64 bits per heavy atom. The second-order valence-electron chi connectivity index (χ2n) is 1.95. The van der Waals surface area contributed by atoms with E-state index in [2.05, 4.69) is 20.3 Å². The first-order valence-electron chi connectivity index (χ1n) is 3.34. The summed E-state index contributed by atoms with van der Waals surface area (Å²) < 4.78 is 0. The Hall–Kier alpha value is -0.900. The zero-order chi connectivity index (χ0) is 8.27. The summed E-state index contributed by atoms with van der Waals surface area (Å²) in [5.74, 6) is 1.22. The quantitative estimate of drug-likeness (QED) is 0.727. The molecule has 0 aromatic carbocycles. The van der Waals surface area contributed by atoms with Gasteiger partial charge in [-0.1, -0.05) is 6.92 Å². The Bertz CT molecular complexity index is 228. The van der Waals surface area contributed by atoms with Crippen molar-refractivity contribution in [2.75, 3.05) is 12.4 Å². The number of halogens is 1. The lowest BCUT2D eigenvalue weighted by Gasteiger charge is -1.99. The normalized spacial score (nSPS) is 9.73. The van der Waals surface area contributed by atoms with Crippen molar-refractivity contribution in [3.63, 3.8) is 0 Å². The fourth-order valence-corrected chi connectivity index (χ4v) is 0.839. The van der Waals surface area contributed by atoms with Crippen LogP contribution in [0.2, 0.25) is 5.28 Å². The summed E-state index contributed by atoms with van der Waals surface area (Å²) in [7, 11) is 1.74. The van der Waals surface area contributed by atoms with Crippen LogP contribution in [-0.4, -0.2) is 22.0 Å². The molecule has 0 atom stereocenters. The van der Waals surface area contributed by atoms with Crippen molar-refractivity contribution in [2.24, 2.45) is 0 Å². The highest BCUT2D eigenvalue weighted by molar-refractivity contribution is 6.28. The van der Waals surface area contributed by atoms with E-state index in [0.717, 1.165) is 6.42 Å². The summed E-state index contributed by atoms with van der Waals surface area (Å²) in [5, 5.41) is 3.03. The van der Waals surface area contributed by atoms with Gasteiger partial charge in [0.2, 0.25) is 11.2 Å². The molecule has 0 unspecified atom stereocenters. The van der Waals surface area contributed by atoms with Gasteiger partial charge in [0.15, 0.2) is 0 Å². The second-order valence-corrected chi connectivity index (χ2v) is 2.29. The van der Waals surface area contributed by atoms with Crippen LogP contribution in [-0.2, 0) is 6.42 Å². The molecule has 0 aliphatic carbocycles. The minimum atomic E-state index is 0.237. The molecule has 1 N–H and O–H groups in total. The predicted molar refractivity (Wildman–Crippen MR) is 43.8 cm³/mol. The van der Waals surface area contributed by atoms with Gasteiger partial charge in [0, 0.05) is 13.5 Å². The van der Waals surface area contributed by atoms with Gasteiger partial charge in [0.25, 0.3) is 0 Å². The molecule has 1 rings (SSSR count). The van der Waals surface area contributed by atoms with E-state index in [1.807, 2.05) is 6.92 Å². The molecule has 60 valence electrons. The third kappa shape index (κ3) is 2.01. The molecular weight excluding hydrogens is 164 g/mol. The largest absolute Gasteiger partial charge is 0.357 e. The van der Waals surface area contributed by atoms with Crippen LogP contribution < -0.4 is 5.32 Å².